The molecule has 30 heavy (non-hydrogen) atoms. The molecule has 160 valence electrons. The minimum absolute atomic E-state index is 0.0959. The van der Waals surface area contributed by atoms with Crippen LogP contribution in [0.3, 0.4) is 0 Å². The SMILES string of the molecule is Cc1c(Cl)cccc1NC(=O)COC(=O)c1cc(S(=O)(=O)NC2CC2)c(Cl)cc1Cl. The number of anilines is 1. The maximum absolute atomic E-state index is 12.5. The summed E-state index contributed by atoms with van der Waals surface area (Å²) in [4.78, 5) is 24.2. The Labute approximate surface area is 188 Å². The molecule has 1 saturated carbocycles. The van der Waals surface area contributed by atoms with Gasteiger partial charge < -0.3 is 10.1 Å². The fourth-order valence-electron chi connectivity index (χ4n) is 2.51. The molecule has 0 saturated heterocycles. The third kappa shape index (κ3) is 5.44. The number of ether oxygens (including phenoxy) is 1. The van der Waals surface area contributed by atoms with E-state index in [1.54, 1.807) is 25.1 Å². The molecule has 0 bridgehead atoms. The van der Waals surface area contributed by atoms with Crippen molar-refractivity contribution in [3.05, 3.63) is 56.5 Å². The number of sulfonamides is 1. The van der Waals surface area contributed by atoms with Crippen LogP contribution in [-0.2, 0) is 19.6 Å². The first-order chi connectivity index (χ1) is 14.1. The topological polar surface area (TPSA) is 102 Å². The molecule has 0 heterocycles. The summed E-state index contributed by atoms with van der Waals surface area (Å²) in [5, 5.41) is 2.84. The highest BCUT2D eigenvalue weighted by atomic mass is 35.5. The number of nitrogens with one attached hydrogen (secondary N) is 2. The highest BCUT2D eigenvalue weighted by Crippen LogP contribution is 2.31. The fourth-order valence-corrected chi connectivity index (χ4v) is 4.84. The lowest BCUT2D eigenvalue weighted by molar-refractivity contribution is -0.119. The zero-order valence-electron chi connectivity index (χ0n) is 15.7. The number of halogens is 3. The van der Waals surface area contributed by atoms with Gasteiger partial charge in [-0.1, -0.05) is 40.9 Å². The van der Waals surface area contributed by atoms with Crippen LogP contribution in [0, 0.1) is 6.92 Å². The van der Waals surface area contributed by atoms with E-state index in [0.717, 1.165) is 25.0 Å². The molecule has 2 N–H and O–H groups in total. The van der Waals surface area contributed by atoms with Gasteiger partial charge in [0.25, 0.3) is 5.91 Å². The van der Waals surface area contributed by atoms with Crippen LogP contribution in [0.25, 0.3) is 0 Å². The van der Waals surface area contributed by atoms with Crippen molar-refractivity contribution in [2.24, 2.45) is 0 Å². The van der Waals surface area contributed by atoms with E-state index in [-0.39, 0.29) is 26.5 Å². The summed E-state index contributed by atoms with van der Waals surface area (Å²) < 4.78 is 32.4. The Balaban J connectivity index is 1.71. The van der Waals surface area contributed by atoms with E-state index in [0.29, 0.717) is 16.3 Å². The van der Waals surface area contributed by atoms with Gasteiger partial charge >= 0.3 is 5.97 Å². The molecule has 0 aromatic heterocycles. The standard InChI is InChI=1S/C19H17Cl3N2O5S/c1-10-13(20)3-2-4-16(10)23-18(25)9-29-19(26)12-7-17(15(22)8-14(12)21)30(27,28)24-11-5-6-11/h2-4,7-8,11,24H,5-6,9H2,1H3,(H,23,25). The number of benzene rings is 2. The summed E-state index contributed by atoms with van der Waals surface area (Å²) in [7, 11) is -3.92. The average Bonchev–Trinajstić information content (AvgIpc) is 3.46. The van der Waals surface area contributed by atoms with Crippen LogP contribution in [0.5, 0.6) is 0 Å². The number of hydrogen-bond donors (Lipinski definition) is 2. The molecule has 2 aromatic rings. The van der Waals surface area contributed by atoms with Gasteiger partial charge in [0.05, 0.1) is 15.6 Å². The molecule has 0 radical (unpaired) electrons. The minimum atomic E-state index is -3.92. The summed E-state index contributed by atoms with van der Waals surface area (Å²) in [6.07, 6.45) is 1.47. The number of hydrogen-bond acceptors (Lipinski definition) is 5. The molecule has 3 rings (SSSR count). The lowest BCUT2D eigenvalue weighted by Gasteiger charge is -2.12. The quantitative estimate of drug-likeness (QED) is 0.566. The Morgan fingerprint density at radius 2 is 1.80 bits per heavy atom. The number of amides is 1. The van der Waals surface area contributed by atoms with Crippen molar-refractivity contribution in [3.8, 4) is 0 Å². The first-order valence-electron chi connectivity index (χ1n) is 8.82. The van der Waals surface area contributed by atoms with Crippen LogP contribution >= 0.6 is 34.8 Å². The fraction of sp³-hybridized carbons (Fsp3) is 0.263. The predicted octanol–water partition coefficient (Wildman–Crippen LogP) is 4.19. The van der Waals surface area contributed by atoms with Gasteiger partial charge in [0.15, 0.2) is 6.61 Å². The van der Waals surface area contributed by atoms with Gasteiger partial charge in [-0.25, -0.2) is 17.9 Å². The van der Waals surface area contributed by atoms with E-state index in [4.69, 9.17) is 39.5 Å². The van der Waals surface area contributed by atoms with Gasteiger partial charge in [-0.2, -0.15) is 0 Å². The zero-order chi connectivity index (χ0) is 22.1. The van der Waals surface area contributed by atoms with Crippen molar-refractivity contribution in [2.75, 3.05) is 11.9 Å². The van der Waals surface area contributed by atoms with Gasteiger partial charge in [-0.15, -0.1) is 0 Å². The average molecular weight is 492 g/mol. The van der Waals surface area contributed by atoms with Crippen LogP contribution in [0.2, 0.25) is 15.1 Å². The lowest BCUT2D eigenvalue weighted by atomic mass is 10.2. The molecule has 7 nitrogen and oxygen atoms in total. The summed E-state index contributed by atoms with van der Waals surface area (Å²) in [6, 6.07) is 7.05. The van der Waals surface area contributed by atoms with Crippen LogP contribution in [0.4, 0.5) is 5.69 Å². The van der Waals surface area contributed by atoms with Crippen molar-refractivity contribution in [1.82, 2.24) is 4.72 Å². The van der Waals surface area contributed by atoms with Crippen LogP contribution in [0.15, 0.2) is 35.2 Å². The van der Waals surface area contributed by atoms with Crippen molar-refractivity contribution in [3.63, 3.8) is 0 Å². The van der Waals surface area contributed by atoms with Crippen LogP contribution < -0.4 is 10.0 Å². The molecule has 0 aliphatic heterocycles. The van der Waals surface area contributed by atoms with Crippen molar-refractivity contribution in [2.45, 2.75) is 30.7 Å². The van der Waals surface area contributed by atoms with E-state index in [2.05, 4.69) is 10.0 Å². The monoisotopic (exact) mass is 490 g/mol. The van der Waals surface area contributed by atoms with Gasteiger partial charge in [0, 0.05) is 16.8 Å². The molecule has 1 amide bonds. The highest BCUT2D eigenvalue weighted by Gasteiger charge is 2.30. The second kappa shape index (κ2) is 9.11. The van der Waals surface area contributed by atoms with Crippen LogP contribution in [-0.4, -0.2) is 32.9 Å². The van der Waals surface area contributed by atoms with Crippen molar-refractivity contribution >= 4 is 62.4 Å². The van der Waals surface area contributed by atoms with E-state index < -0.39 is 28.5 Å². The molecule has 0 atom stereocenters. The largest absolute Gasteiger partial charge is 0.452 e. The van der Waals surface area contributed by atoms with E-state index in [9.17, 15) is 18.0 Å². The summed E-state index contributed by atoms with van der Waals surface area (Å²) >= 11 is 18.0. The summed E-state index contributed by atoms with van der Waals surface area (Å²) in [5.41, 5.74) is 0.925. The Morgan fingerprint density at radius 3 is 2.47 bits per heavy atom. The number of carbonyl (C=O) groups excluding carboxylic acids is 2. The molecular formula is C19H17Cl3N2O5S. The second-order valence-corrected chi connectivity index (χ2v) is 9.60. The van der Waals surface area contributed by atoms with Gasteiger partial charge in [0.1, 0.15) is 4.90 Å². The molecule has 2 aromatic carbocycles. The molecule has 0 spiro atoms. The molecule has 11 heteroatoms. The normalized spacial score (nSPS) is 13.7. The third-order valence-corrected chi connectivity index (χ3v) is 7.01. The Hall–Kier alpha value is -1.84. The third-order valence-electron chi connectivity index (χ3n) is 4.31. The predicted molar refractivity (Wildman–Crippen MR) is 115 cm³/mol. The summed E-state index contributed by atoms with van der Waals surface area (Å²) in [6.45, 7) is 1.13. The van der Waals surface area contributed by atoms with E-state index in [1.165, 1.54) is 0 Å². The number of carbonyl (C=O) groups is 2. The van der Waals surface area contributed by atoms with Gasteiger partial charge in [0.2, 0.25) is 10.0 Å². The highest BCUT2D eigenvalue weighted by molar-refractivity contribution is 7.89. The molecular weight excluding hydrogens is 475 g/mol. The smallest absolute Gasteiger partial charge is 0.340 e. The molecule has 1 fully saturated rings. The molecule has 1 aliphatic rings. The number of esters is 1. The van der Waals surface area contributed by atoms with Gasteiger partial charge in [-0.3, -0.25) is 4.79 Å². The van der Waals surface area contributed by atoms with Gasteiger partial charge in [-0.05, 0) is 49.6 Å². The Kier molecular flexibility index (Phi) is 6.94. The molecule has 1 aliphatic carbocycles. The van der Waals surface area contributed by atoms with E-state index in [1.807, 2.05) is 0 Å². The maximum Gasteiger partial charge on any atom is 0.340 e. The van der Waals surface area contributed by atoms with Crippen molar-refractivity contribution in [1.29, 1.82) is 0 Å². The van der Waals surface area contributed by atoms with E-state index >= 15 is 0 Å². The first kappa shape index (κ1) is 22.8. The second-order valence-electron chi connectivity index (χ2n) is 6.69. The summed E-state index contributed by atoms with van der Waals surface area (Å²) in [5.74, 6) is -1.56. The Bertz CT molecular complexity index is 1120. The molecule has 0 unspecified atom stereocenters. The number of rotatable bonds is 7. The van der Waals surface area contributed by atoms with Crippen LogP contribution in [0.1, 0.15) is 28.8 Å². The first-order valence-corrected chi connectivity index (χ1v) is 11.4. The maximum atomic E-state index is 12.5. The van der Waals surface area contributed by atoms with Crippen molar-refractivity contribution < 1.29 is 22.7 Å². The minimum Gasteiger partial charge on any atom is -0.452 e. The lowest BCUT2D eigenvalue weighted by Crippen LogP contribution is -2.26. The zero-order valence-corrected chi connectivity index (χ0v) is 18.8. The Morgan fingerprint density at radius 1 is 1.10 bits per heavy atom.